The Morgan fingerprint density at radius 2 is 2.33 bits per heavy atom. The molecular formula is C14H14ClN3O3. The summed E-state index contributed by atoms with van der Waals surface area (Å²) in [5.74, 6) is -1.10. The number of aromatic nitrogens is 3. The topological polar surface area (TPSA) is 77.2 Å². The van der Waals surface area contributed by atoms with Gasteiger partial charge in [-0.05, 0) is 43.5 Å². The smallest absolute Gasteiger partial charge is 0.358 e. The van der Waals surface area contributed by atoms with Crippen molar-refractivity contribution in [2.24, 2.45) is 0 Å². The van der Waals surface area contributed by atoms with Crippen LogP contribution >= 0.6 is 11.6 Å². The zero-order valence-corrected chi connectivity index (χ0v) is 12.2. The fraction of sp³-hybridized carbons (Fsp3) is 0.357. The summed E-state index contributed by atoms with van der Waals surface area (Å²) in [6.45, 7) is 2.51. The molecule has 1 aliphatic heterocycles. The van der Waals surface area contributed by atoms with Gasteiger partial charge in [0.15, 0.2) is 5.69 Å². The van der Waals surface area contributed by atoms with Crippen molar-refractivity contribution < 1.29 is 14.6 Å². The Bertz CT molecular complexity index is 693. The summed E-state index contributed by atoms with van der Waals surface area (Å²) in [7, 11) is 0. The maximum Gasteiger partial charge on any atom is 0.358 e. The molecule has 1 N–H and O–H groups in total. The van der Waals surface area contributed by atoms with Gasteiger partial charge in [0, 0.05) is 11.6 Å². The van der Waals surface area contributed by atoms with E-state index in [2.05, 4.69) is 10.3 Å². The standard InChI is InChI=1S/C14H14ClN3O3/c1-8-7-9(15)4-5-10(8)18-13(11-3-2-6-21-11)12(14(19)20)16-17-18/h4-5,7,11H,2-3,6H2,1H3,(H,19,20). The van der Waals surface area contributed by atoms with Gasteiger partial charge in [0.05, 0.1) is 5.69 Å². The monoisotopic (exact) mass is 307 g/mol. The van der Waals surface area contributed by atoms with Crippen molar-refractivity contribution in [2.75, 3.05) is 6.61 Å². The predicted octanol–water partition coefficient (Wildman–Crippen LogP) is 2.78. The molecule has 1 aromatic carbocycles. The van der Waals surface area contributed by atoms with Crippen molar-refractivity contribution in [2.45, 2.75) is 25.9 Å². The second-order valence-corrected chi connectivity index (χ2v) is 5.41. The number of hydrogen-bond acceptors (Lipinski definition) is 4. The number of ether oxygens (including phenoxy) is 1. The Balaban J connectivity index is 2.15. The van der Waals surface area contributed by atoms with Crippen LogP contribution in [0.2, 0.25) is 5.02 Å². The van der Waals surface area contributed by atoms with Gasteiger partial charge in [0.2, 0.25) is 0 Å². The molecule has 7 heteroatoms. The SMILES string of the molecule is Cc1cc(Cl)ccc1-n1nnc(C(=O)O)c1C1CCCO1. The molecule has 0 radical (unpaired) electrons. The zero-order chi connectivity index (χ0) is 15.0. The number of carboxylic acids is 1. The van der Waals surface area contributed by atoms with Crippen LogP contribution in [0.5, 0.6) is 0 Å². The van der Waals surface area contributed by atoms with Gasteiger partial charge in [-0.3, -0.25) is 0 Å². The van der Waals surface area contributed by atoms with Crippen LogP contribution in [0, 0.1) is 6.92 Å². The van der Waals surface area contributed by atoms with E-state index in [0.29, 0.717) is 17.3 Å². The summed E-state index contributed by atoms with van der Waals surface area (Å²) < 4.78 is 7.17. The predicted molar refractivity (Wildman–Crippen MR) is 76.0 cm³/mol. The summed E-state index contributed by atoms with van der Waals surface area (Å²) in [4.78, 5) is 11.4. The average molecular weight is 308 g/mol. The van der Waals surface area contributed by atoms with Crippen LogP contribution in [0.15, 0.2) is 18.2 Å². The number of halogens is 1. The molecule has 6 nitrogen and oxygen atoms in total. The molecule has 2 aromatic rings. The average Bonchev–Trinajstić information content (AvgIpc) is 3.06. The molecule has 0 amide bonds. The Kier molecular flexibility index (Phi) is 3.65. The molecule has 1 saturated heterocycles. The number of rotatable bonds is 3. The Hall–Kier alpha value is -1.92. The van der Waals surface area contributed by atoms with E-state index in [1.807, 2.05) is 6.92 Å². The van der Waals surface area contributed by atoms with Crippen molar-refractivity contribution in [1.82, 2.24) is 15.0 Å². The number of benzene rings is 1. The van der Waals surface area contributed by atoms with Gasteiger partial charge in [0.1, 0.15) is 11.8 Å². The Morgan fingerprint density at radius 1 is 1.52 bits per heavy atom. The fourth-order valence-corrected chi connectivity index (χ4v) is 2.78. The van der Waals surface area contributed by atoms with Crippen LogP contribution in [-0.2, 0) is 4.74 Å². The molecule has 0 aliphatic carbocycles. The van der Waals surface area contributed by atoms with Crippen LogP contribution in [0.4, 0.5) is 0 Å². The number of carbonyl (C=O) groups is 1. The maximum absolute atomic E-state index is 11.4. The summed E-state index contributed by atoms with van der Waals surface area (Å²) in [6, 6.07) is 5.35. The number of aromatic carboxylic acids is 1. The van der Waals surface area contributed by atoms with Crippen LogP contribution in [0.3, 0.4) is 0 Å². The number of aryl methyl sites for hydroxylation is 1. The summed E-state index contributed by atoms with van der Waals surface area (Å²) in [6.07, 6.45) is 1.37. The van der Waals surface area contributed by atoms with Gasteiger partial charge in [-0.15, -0.1) is 5.10 Å². The lowest BCUT2D eigenvalue weighted by atomic mass is 10.1. The zero-order valence-electron chi connectivity index (χ0n) is 11.4. The molecule has 3 rings (SSSR count). The van der Waals surface area contributed by atoms with E-state index >= 15 is 0 Å². The molecule has 0 bridgehead atoms. The second-order valence-electron chi connectivity index (χ2n) is 4.97. The second kappa shape index (κ2) is 5.46. The van der Waals surface area contributed by atoms with E-state index in [1.165, 1.54) is 0 Å². The third-order valence-electron chi connectivity index (χ3n) is 3.53. The lowest BCUT2D eigenvalue weighted by Crippen LogP contribution is -2.12. The lowest BCUT2D eigenvalue weighted by Gasteiger charge is -2.14. The minimum atomic E-state index is -1.10. The highest BCUT2D eigenvalue weighted by Gasteiger charge is 2.30. The van der Waals surface area contributed by atoms with Gasteiger partial charge in [-0.25, -0.2) is 9.48 Å². The largest absolute Gasteiger partial charge is 0.476 e. The first-order valence-corrected chi connectivity index (χ1v) is 7.02. The molecule has 1 atom stereocenters. The molecule has 1 unspecified atom stereocenters. The van der Waals surface area contributed by atoms with Crippen LogP contribution in [0.25, 0.3) is 5.69 Å². The molecule has 1 aromatic heterocycles. The first kappa shape index (κ1) is 14.0. The normalized spacial score (nSPS) is 18.1. The Morgan fingerprint density at radius 3 is 2.95 bits per heavy atom. The van der Waals surface area contributed by atoms with E-state index in [-0.39, 0.29) is 11.8 Å². The van der Waals surface area contributed by atoms with Gasteiger partial charge < -0.3 is 9.84 Å². The van der Waals surface area contributed by atoms with Gasteiger partial charge in [0.25, 0.3) is 0 Å². The van der Waals surface area contributed by atoms with Crippen molar-refractivity contribution >= 4 is 17.6 Å². The van der Waals surface area contributed by atoms with E-state index in [4.69, 9.17) is 16.3 Å². The van der Waals surface area contributed by atoms with Crippen molar-refractivity contribution in [3.8, 4) is 5.69 Å². The van der Waals surface area contributed by atoms with E-state index in [9.17, 15) is 9.90 Å². The molecule has 21 heavy (non-hydrogen) atoms. The highest BCUT2D eigenvalue weighted by Crippen LogP contribution is 2.32. The minimum Gasteiger partial charge on any atom is -0.476 e. The molecule has 1 fully saturated rings. The summed E-state index contributed by atoms with van der Waals surface area (Å²) >= 11 is 5.96. The van der Waals surface area contributed by atoms with Crippen LogP contribution in [0.1, 0.15) is 40.7 Å². The third kappa shape index (κ3) is 2.52. The van der Waals surface area contributed by atoms with E-state index in [0.717, 1.165) is 24.1 Å². The highest BCUT2D eigenvalue weighted by molar-refractivity contribution is 6.30. The first-order valence-electron chi connectivity index (χ1n) is 6.65. The summed E-state index contributed by atoms with van der Waals surface area (Å²) in [5, 5.41) is 17.7. The molecule has 0 spiro atoms. The van der Waals surface area contributed by atoms with Gasteiger partial charge in [-0.2, -0.15) is 0 Å². The molecule has 1 aliphatic rings. The van der Waals surface area contributed by atoms with Gasteiger partial charge >= 0.3 is 5.97 Å². The van der Waals surface area contributed by atoms with Crippen molar-refractivity contribution in [1.29, 1.82) is 0 Å². The quantitative estimate of drug-likeness (QED) is 0.943. The first-order chi connectivity index (χ1) is 10.1. The van der Waals surface area contributed by atoms with Crippen LogP contribution < -0.4 is 0 Å². The lowest BCUT2D eigenvalue weighted by molar-refractivity contribution is 0.0673. The van der Waals surface area contributed by atoms with Gasteiger partial charge in [-0.1, -0.05) is 16.8 Å². The molecule has 0 saturated carbocycles. The van der Waals surface area contributed by atoms with Crippen molar-refractivity contribution in [3.05, 3.63) is 40.2 Å². The minimum absolute atomic E-state index is 0.0590. The molecular weight excluding hydrogens is 294 g/mol. The highest BCUT2D eigenvalue weighted by atomic mass is 35.5. The van der Waals surface area contributed by atoms with Crippen LogP contribution in [-0.4, -0.2) is 32.7 Å². The number of nitrogens with zero attached hydrogens (tertiary/aromatic N) is 3. The maximum atomic E-state index is 11.4. The fourth-order valence-electron chi connectivity index (χ4n) is 2.56. The molecule has 110 valence electrons. The number of carboxylic acid groups (broad SMARTS) is 1. The third-order valence-corrected chi connectivity index (χ3v) is 3.76. The van der Waals surface area contributed by atoms with E-state index < -0.39 is 5.97 Å². The van der Waals surface area contributed by atoms with Crippen molar-refractivity contribution in [3.63, 3.8) is 0 Å². The summed E-state index contributed by atoms with van der Waals surface area (Å²) in [5.41, 5.74) is 2.08. The van der Waals surface area contributed by atoms with E-state index in [1.54, 1.807) is 22.9 Å². The molecule has 2 heterocycles. The number of hydrogen-bond donors (Lipinski definition) is 1. The Labute approximate surface area is 126 Å².